The molecule has 0 heterocycles. The van der Waals surface area contributed by atoms with Gasteiger partial charge in [0, 0.05) is 4.47 Å². The fourth-order valence-electron chi connectivity index (χ4n) is 1.66. The van der Waals surface area contributed by atoms with E-state index < -0.39 is 32.2 Å². The number of halogens is 3. The molecule has 2 rings (SSSR count). The van der Waals surface area contributed by atoms with Crippen molar-refractivity contribution in [3.05, 3.63) is 52.0 Å². The summed E-state index contributed by atoms with van der Waals surface area (Å²) in [5, 5.41) is 0. The predicted octanol–water partition coefficient (Wildman–Crippen LogP) is 3.42. The highest BCUT2D eigenvalue weighted by atomic mass is 79.9. The normalized spacial score (nSPS) is 11.4. The third kappa shape index (κ3) is 3.16. The van der Waals surface area contributed by atoms with Crippen molar-refractivity contribution in [3.8, 4) is 0 Å². The van der Waals surface area contributed by atoms with E-state index in [2.05, 4.69) is 20.7 Å². The van der Waals surface area contributed by atoms with E-state index in [1.54, 1.807) is 19.1 Å². The number of aryl methyl sites for hydroxylation is 1. The van der Waals surface area contributed by atoms with E-state index in [1.807, 2.05) is 0 Å². The van der Waals surface area contributed by atoms with Crippen molar-refractivity contribution >= 4 is 37.3 Å². The van der Waals surface area contributed by atoms with Crippen LogP contribution in [0, 0.1) is 18.6 Å². The standard InChI is InChI=1S/C13H11BrF2N2O2S/c1-7-2-3-8(14)6-10(7)18-21(19,20)11-5-4-9(15)13(17)12(11)16/h2-6,18H,17H2,1H3. The van der Waals surface area contributed by atoms with Gasteiger partial charge in [0.05, 0.1) is 5.69 Å². The molecule has 8 heteroatoms. The summed E-state index contributed by atoms with van der Waals surface area (Å²) >= 11 is 3.22. The van der Waals surface area contributed by atoms with Gasteiger partial charge in [0.25, 0.3) is 10.0 Å². The Hall–Kier alpha value is -1.67. The number of anilines is 2. The van der Waals surface area contributed by atoms with Gasteiger partial charge in [-0.2, -0.15) is 0 Å². The van der Waals surface area contributed by atoms with E-state index in [0.29, 0.717) is 10.0 Å². The number of nitrogens with two attached hydrogens (primary N) is 1. The number of hydrogen-bond acceptors (Lipinski definition) is 3. The minimum Gasteiger partial charge on any atom is -0.394 e. The van der Waals surface area contributed by atoms with E-state index in [0.717, 1.165) is 12.1 Å². The summed E-state index contributed by atoms with van der Waals surface area (Å²) in [7, 11) is -4.22. The van der Waals surface area contributed by atoms with E-state index in [9.17, 15) is 17.2 Å². The molecular formula is C13H11BrF2N2O2S. The minimum absolute atomic E-state index is 0.284. The van der Waals surface area contributed by atoms with Crippen LogP contribution in [0.1, 0.15) is 5.56 Å². The van der Waals surface area contributed by atoms with Crippen LogP contribution in [0.2, 0.25) is 0 Å². The fraction of sp³-hybridized carbons (Fsp3) is 0.0769. The minimum atomic E-state index is -4.22. The van der Waals surface area contributed by atoms with E-state index in [-0.39, 0.29) is 5.69 Å². The van der Waals surface area contributed by atoms with Crippen LogP contribution in [0.4, 0.5) is 20.2 Å². The van der Waals surface area contributed by atoms with Gasteiger partial charge in [-0.05, 0) is 36.8 Å². The molecule has 0 saturated carbocycles. The maximum absolute atomic E-state index is 13.8. The van der Waals surface area contributed by atoms with Gasteiger partial charge in [0.15, 0.2) is 5.82 Å². The maximum atomic E-state index is 13.8. The van der Waals surface area contributed by atoms with Gasteiger partial charge in [-0.25, -0.2) is 17.2 Å². The molecular weight excluding hydrogens is 366 g/mol. The van der Waals surface area contributed by atoms with Crippen LogP contribution >= 0.6 is 15.9 Å². The lowest BCUT2D eigenvalue weighted by Gasteiger charge is -2.12. The smallest absolute Gasteiger partial charge is 0.264 e. The number of hydrogen-bond donors (Lipinski definition) is 2. The zero-order chi connectivity index (χ0) is 15.8. The van der Waals surface area contributed by atoms with Gasteiger partial charge in [-0.15, -0.1) is 0 Å². The van der Waals surface area contributed by atoms with E-state index in [4.69, 9.17) is 5.73 Å². The van der Waals surface area contributed by atoms with Crippen LogP contribution in [0.3, 0.4) is 0 Å². The SMILES string of the molecule is Cc1ccc(Br)cc1NS(=O)(=O)c1ccc(F)c(N)c1F. The second-order valence-corrected chi connectivity index (χ2v) is 6.90. The van der Waals surface area contributed by atoms with Crippen molar-refractivity contribution in [2.75, 3.05) is 10.5 Å². The molecule has 0 radical (unpaired) electrons. The first-order valence-electron chi connectivity index (χ1n) is 5.75. The number of benzene rings is 2. The van der Waals surface area contributed by atoms with Crippen LogP contribution in [0.25, 0.3) is 0 Å². The molecule has 0 saturated heterocycles. The molecule has 0 spiro atoms. The van der Waals surface area contributed by atoms with Crippen LogP contribution in [-0.2, 0) is 10.0 Å². The Bertz CT molecular complexity index is 810. The Morgan fingerprint density at radius 1 is 1.19 bits per heavy atom. The first-order valence-corrected chi connectivity index (χ1v) is 8.02. The van der Waals surface area contributed by atoms with Crippen molar-refractivity contribution < 1.29 is 17.2 Å². The monoisotopic (exact) mass is 376 g/mol. The third-order valence-corrected chi connectivity index (χ3v) is 4.70. The zero-order valence-electron chi connectivity index (χ0n) is 10.8. The summed E-state index contributed by atoms with van der Waals surface area (Å²) in [6.07, 6.45) is 0. The van der Waals surface area contributed by atoms with Crippen LogP contribution in [0.15, 0.2) is 39.7 Å². The Morgan fingerprint density at radius 2 is 1.86 bits per heavy atom. The summed E-state index contributed by atoms with van der Waals surface area (Å²) in [5.41, 5.74) is 5.28. The molecule has 0 aliphatic rings. The molecule has 2 aromatic carbocycles. The molecule has 0 aromatic heterocycles. The largest absolute Gasteiger partial charge is 0.394 e. The highest BCUT2D eigenvalue weighted by Gasteiger charge is 2.23. The average Bonchev–Trinajstić information content (AvgIpc) is 2.39. The summed E-state index contributed by atoms with van der Waals surface area (Å²) in [5.74, 6) is -2.32. The van der Waals surface area contributed by atoms with Gasteiger partial charge in [0.2, 0.25) is 0 Å². The summed E-state index contributed by atoms with van der Waals surface area (Å²) < 4.78 is 54.3. The lowest BCUT2D eigenvalue weighted by molar-refractivity contribution is 0.557. The Labute approximate surface area is 129 Å². The van der Waals surface area contributed by atoms with Crippen LogP contribution in [0.5, 0.6) is 0 Å². The van der Waals surface area contributed by atoms with Crippen molar-refractivity contribution in [2.24, 2.45) is 0 Å². The van der Waals surface area contributed by atoms with E-state index in [1.165, 1.54) is 6.07 Å². The Morgan fingerprint density at radius 3 is 2.52 bits per heavy atom. The molecule has 2 aromatic rings. The third-order valence-electron chi connectivity index (χ3n) is 2.82. The quantitative estimate of drug-likeness (QED) is 0.806. The van der Waals surface area contributed by atoms with Crippen molar-refractivity contribution in [1.29, 1.82) is 0 Å². The number of sulfonamides is 1. The summed E-state index contributed by atoms with van der Waals surface area (Å²) in [6, 6.07) is 6.61. The van der Waals surface area contributed by atoms with E-state index >= 15 is 0 Å². The topological polar surface area (TPSA) is 72.2 Å². The molecule has 0 bridgehead atoms. The molecule has 4 nitrogen and oxygen atoms in total. The van der Waals surface area contributed by atoms with Gasteiger partial charge in [-0.1, -0.05) is 22.0 Å². The molecule has 0 aliphatic carbocycles. The summed E-state index contributed by atoms with van der Waals surface area (Å²) in [6.45, 7) is 1.69. The average molecular weight is 377 g/mol. The fourth-order valence-corrected chi connectivity index (χ4v) is 3.23. The van der Waals surface area contributed by atoms with Crippen molar-refractivity contribution in [2.45, 2.75) is 11.8 Å². The lowest BCUT2D eigenvalue weighted by Crippen LogP contribution is -2.16. The molecule has 112 valence electrons. The Kier molecular flexibility index (Phi) is 4.20. The van der Waals surface area contributed by atoms with Crippen LogP contribution < -0.4 is 10.5 Å². The predicted molar refractivity (Wildman–Crippen MR) is 80.5 cm³/mol. The number of nitrogens with one attached hydrogen (secondary N) is 1. The maximum Gasteiger partial charge on any atom is 0.264 e. The second-order valence-electron chi connectivity index (χ2n) is 4.34. The molecule has 0 fully saturated rings. The van der Waals surface area contributed by atoms with Gasteiger partial charge < -0.3 is 5.73 Å². The number of nitrogen functional groups attached to an aromatic ring is 1. The molecule has 21 heavy (non-hydrogen) atoms. The van der Waals surface area contributed by atoms with Crippen LogP contribution in [-0.4, -0.2) is 8.42 Å². The second kappa shape index (κ2) is 5.61. The van der Waals surface area contributed by atoms with Crippen molar-refractivity contribution in [3.63, 3.8) is 0 Å². The first kappa shape index (κ1) is 15.7. The Balaban J connectivity index is 2.49. The highest BCUT2D eigenvalue weighted by molar-refractivity contribution is 9.10. The van der Waals surface area contributed by atoms with Gasteiger partial charge in [0.1, 0.15) is 16.4 Å². The van der Waals surface area contributed by atoms with Gasteiger partial charge >= 0.3 is 0 Å². The molecule has 0 amide bonds. The molecule has 0 atom stereocenters. The molecule has 0 aliphatic heterocycles. The molecule has 3 N–H and O–H groups in total. The highest BCUT2D eigenvalue weighted by Crippen LogP contribution is 2.27. The number of rotatable bonds is 3. The first-order chi connectivity index (χ1) is 9.72. The lowest BCUT2D eigenvalue weighted by atomic mass is 10.2. The zero-order valence-corrected chi connectivity index (χ0v) is 13.2. The summed E-state index contributed by atoms with van der Waals surface area (Å²) in [4.78, 5) is -0.708. The van der Waals surface area contributed by atoms with Crippen molar-refractivity contribution in [1.82, 2.24) is 0 Å². The molecule has 0 unspecified atom stereocenters. The van der Waals surface area contributed by atoms with Gasteiger partial charge in [-0.3, -0.25) is 4.72 Å².